The smallest absolute Gasteiger partial charge is 0.0342 e. The van der Waals surface area contributed by atoms with Crippen LogP contribution in [-0.4, -0.2) is 11.1 Å². The maximum Gasteiger partial charge on any atom is 0.0342 e. The van der Waals surface area contributed by atoms with Crippen LogP contribution in [0.25, 0.3) is 0 Å². The molecular weight excluding hydrogens is 136 g/mol. The van der Waals surface area contributed by atoms with E-state index in [1.165, 1.54) is 0 Å². The van der Waals surface area contributed by atoms with Crippen LogP contribution in [0.5, 0.6) is 0 Å². The predicted molar refractivity (Wildman–Crippen MR) is 40.7 cm³/mol. The lowest BCUT2D eigenvalue weighted by Crippen LogP contribution is -2.07. The molecule has 0 bridgehead atoms. The van der Waals surface area contributed by atoms with Crippen LogP contribution in [0.2, 0.25) is 0 Å². The Kier molecular flexibility index (Phi) is 4.18. The zero-order valence-electron chi connectivity index (χ0n) is 5.16. The lowest BCUT2D eigenvalue weighted by atomic mass is 10.6. The van der Waals surface area contributed by atoms with E-state index in [0.29, 0.717) is 6.54 Å². The van der Waals surface area contributed by atoms with Crippen LogP contribution < -0.4 is 5.73 Å². The average Bonchev–Trinajstić information content (AvgIpc) is 2.19. The monoisotopic (exact) mass is 146 g/mol. The Balaban J connectivity index is 0.000000640. The van der Waals surface area contributed by atoms with Crippen molar-refractivity contribution in [2.24, 2.45) is 5.73 Å². The third-order valence-electron chi connectivity index (χ3n) is 1.05. The van der Waals surface area contributed by atoms with Gasteiger partial charge in [0, 0.05) is 25.5 Å². The molecule has 0 unspecified atom stereocenters. The molecule has 1 heterocycles. The standard InChI is InChI=1S/C6H10N2.ClH/c7-3-6-8-4-1-2-5-8;/h1-2,4-5H,3,6-7H2;1H. The van der Waals surface area contributed by atoms with Crippen LogP contribution in [0.4, 0.5) is 0 Å². The third-order valence-corrected chi connectivity index (χ3v) is 1.05. The predicted octanol–water partition coefficient (Wildman–Crippen LogP) is 0.869. The lowest BCUT2D eigenvalue weighted by Gasteiger charge is -1.95. The van der Waals surface area contributed by atoms with Crippen molar-refractivity contribution < 1.29 is 0 Å². The van der Waals surface area contributed by atoms with E-state index in [-0.39, 0.29) is 12.4 Å². The van der Waals surface area contributed by atoms with Gasteiger partial charge in [0.25, 0.3) is 0 Å². The van der Waals surface area contributed by atoms with E-state index < -0.39 is 0 Å². The zero-order valence-corrected chi connectivity index (χ0v) is 5.97. The van der Waals surface area contributed by atoms with E-state index in [1.807, 2.05) is 24.5 Å². The SMILES string of the molecule is Cl.NCCn1cccc1. The molecule has 2 N–H and O–H groups in total. The summed E-state index contributed by atoms with van der Waals surface area (Å²) in [5.41, 5.74) is 5.30. The summed E-state index contributed by atoms with van der Waals surface area (Å²) in [6.07, 6.45) is 4.01. The minimum Gasteiger partial charge on any atom is -0.353 e. The van der Waals surface area contributed by atoms with Crippen LogP contribution in [-0.2, 0) is 6.54 Å². The van der Waals surface area contributed by atoms with Gasteiger partial charge in [0.05, 0.1) is 0 Å². The number of rotatable bonds is 2. The van der Waals surface area contributed by atoms with Crippen LogP contribution in [0, 0.1) is 0 Å². The maximum atomic E-state index is 5.30. The molecule has 1 aromatic heterocycles. The normalized spacial score (nSPS) is 8.56. The van der Waals surface area contributed by atoms with Gasteiger partial charge in [-0.25, -0.2) is 0 Å². The van der Waals surface area contributed by atoms with Crippen LogP contribution in [0.3, 0.4) is 0 Å². The van der Waals surface area contributed by atoms with Crippen molar-refractivity contribution in [3.8, 4) is 0 Å². The number of nitrogens with two attached hydrogens (primary N) is 1. The van der Waals surface area contributed by atoms with Gasteiger partial charge in [-0.05, 0) is 12.1 Å². The van der Waals surface area contributed by atoms with E-state index in [2.05, 4.69) is 4.57 Å². The van der Waals surface area contributed by atoms with E-state index in [1.54, 1.807) is 0 Å². The molecule has 0 aromatic carbocycles. The van der Waals surface area contributed by atoms with Crippen LogP contribution in [0.15, 0.2) is 24.5 Å². The van der Waals surface area contributed by atoms with Crippen LogP contribution in [0.1, 0.15) is 0 Å². The first-order chi connectivity index (χ1) is 3.93. The second-order valence-electron chi connectivity index (χ2n) is 1.71. The highest BCUT2D eigenvalue weighted by Gasteiger charge is 1.80. The first-order valence-electron chi connectivity index (χ1n) is 2.74. The molecule has 0 fully saturated rings. The molecule has 0 aliphatic heterocycles. The molecule has 0 amide bonds. The Hall–Kier alpha value is -0.470. The summed E-state index contributed by atoms with van der Waals surface area (Å²) >= 11 is 0. The van der Waals surface area contributed by atoms with Gasteiger partial charge in [0.15, 0.2) is 0 Å². The summed E-state index contributed by atoms with van der Waals surface area (Å²) in [6, 6.07) is 3.99. The van der Waals surface area contributed by atoms with Gasteiger partial charge in [-0.3, -0.25) is 0 Å². The summed E-state index contributed by atoms with van der Waals surface area (Å²) < 4.78 is 2.06. The largest absolute Gasteiger partial charge is 0.353 e. The molecular formula is C6H11ClN2. The van der Waals surface area contributed by atoms with Gasteiger partial charge in [0.1, 0.15) is 0 Å². The van der Waals surface area contributed by atoms with E-state index in [4.69, 9.17) is 5.73 Å². The van der Waals surface area contributed by atoms with Gasteiger partial charge < -0.3 is 10.3 Å². The number of halogens is 1. The first-order valence-corrected chi connectivity index (χ1v) is 2.74. The molecule has 0 atom stereocenters. The highest BCUT2D eigenvalue weighted by Crippen LogP contribution is 1.86. The Morgan fingerprint density at radius 1 is 1.22 bits per heavy atom. The van der Waals surface area contributed by atoms with E-state index >= 15 is 0 Å². The Labute approximate surface area is 61.1 Å². The first kappa shape index (κ1) is 8.53. The molecule has 0 aliphatic carbocycles. The molecule has 52 valence electrons. The average molecular weight is 147 g/mol. The van der Waals surface area contributed by atoms with Crippen molar-refractivity contribution in [3.05, 3.63) is 24.5 Å². The fourth-order valence-electron chi connectivity index (χ4n) is 0.668. The quantitative estimate of drug-likeness (QED) is 0.660. The maximum absolute atomic E-state index is 5.30. The molecule has 2 nitrogen and oxygen atoms in total. The fourth-order valence-corrected chi connectivity index (χ4v) is 0.668. The highest BCUT2D eigenvalue weighted by atomic mass is 35.5. The van der Waals surface area contributed by atoms with Crippen molar-refractivity contribution in [1.29, 1.82) is 0 Å². The topological polar surface area (TPSA) is 30.9 Å². The van der Waals surface area contributed by atoms with Crippen molar-refractivity contribution in [2.45, 2.75) is 6.54 Å². The summed E-state index contributed by atoms with van der Waals surface area (Å²) in [7, 11) is 0. The molecule has 3 heteroatoms. The molecule has 1 aromatic rings. The van der Waals surface area contributed by atoms with Gasteiger partial charge in [-0.2, -0.15) is 0 Å². The Morgan fingerprint density at radius 3 is 2.22 bits per heavy atom. The number of aromatic nitrogens is 1. The molecule has 9 heavy (non-hydrogen) atoms. The molecule has 0 spiro atoms. The van der Waals surface area contributed by atoms with Crippen molar-refractivity contribution in [2.75, 3.05) is 6.54 Å². The van der Waals surface area contributed by atoms with Crippen molar-refractivity contribution >= 4 is 12.4 Å². The molecule has 0 aliphatic rings. The minimum atomic E-state index is 0. The molecule has 0 saturated heterocycles. The fraction of sp³-hybridized carbons (Fsp3) is 0.333. The Morgan fingerprint density at radius 2 is 1.78 bits per heavy atom. The zero-order chi connectivity index (χ0) is 5.82. The van der Waals surface area contributed by atoms with E-state index in [9.17, 15) is 0 Å². The summed E-state index contributed by atoms with van der Waals surface area (Å²) in [4.78, 5) is 0. The second-order valence-corrected chi connectivity index (χ2v) is 1.71. The summed E-state index contributed by atoms with van der Waals surface area (Å²) in [6.45, 7) is 1.64. The highest BCUT2D eigenvalue weighted by molar-refractivity contribution is 5.85. The van der Waals surface area contributed by atoms with Crippen LogP contribution >= 0.6 is 12.4 Å². The number of hydrogen-bond acceptors (Lipinski definition) is 1. The van der Waals surface area contributed by atoms with Gasteiger partial charge >= 0.3 is 0 Å². The van der Waals surface area contributed by atoms with Crippen molar-refractivity contribution in [3.63, 3.8) is 0 Å². The van der Waals surface area contributed by atoms with Gasteiger partial charge in [-0.1, -0.05) is 0 Å². The third kappa shape index (κ3) is 2.54. The lowest BCUT2D eigenvalue weighted by molar-refractivity contribution is 0.713. The second kappa shape index (κ2) is 4.41. The summed E-state index contributed by atoms with van der Waals surface area (Å²) in [5.74, 6) is 0. The van der Waals surface area contributed by atoms with Gasteiger partial charge in [-0.15, -0.1) is 12.4 Å². The molecule has 0 saturated carbocycles. The minimum absolute atomic E-state index is 0. The number of hydrogen-bond donors (Lipinski definition) is 1. The van der Waals surface area contributed by atoms with E-state index in [0.717, 1.165) is 6.54 Å². The van der Waals surface area contributed by atoms with Crippen molar-refractivity contribution in [1.82, 2.24) is 4.57 Å². The molecule has 0 radical (unpaired) electrons. The number of nitrogens with zero attached hydrogens (tertiary/aromatic N) is 1. The van der Waals surface area contributed by atoms with Gasteiger partial charge in [0.2, 0.25) is 0 Å². The molecule has 1 rings (SSSR count). The summed E-state index contributed by atoms with van der Waals surface area (Å²) in [5, 5.41) is 0. The Bertz CT molecular complexity index is 137.